The number of carbonyl (C=O) groups excluding carboxylic acids is 1. The van der Waals surface area contributed by atoms with Crippen LogP contribution in [0, 0.1) is 0 Å². The van der Waals surface area contributed by atoms with Crippen LogP contribution in [-0.4, -0.2) is 12.5 Å². The Labute approximate surface area is 57.0 Å². The zero-order chi connectivity index (χ0) is 7.40. The average Bonchev–Trinajstić information content (AvgIpc) is 1.83. The molecule has 0 aromatic carbocycles. The molecule has 1 saturated heterocycles. The van der Waals surface area contributed by atoms with Crippen molar-refractivity contribution < 1.29 is 6.17 Å². The minimum Gasteiger partial charge on any atom is -0.356 e. The highest BCUT2D eigenvalue weighted by atomic mass is 16.1. The van der Waals surface area contributed by atoms with E-state index in [1.165, 1.54) is 0 Å². The van der Waals surface area contributed by atoms with Gasteiger partial charge in [-0.1, -0.05) is 12.8 Å². The van der Waals surface area contributed by atoms with Crippen LogP contribution in [-0.2, 0) is 4.79 Å². The molecule has 0 aromatic rings. The maximum atomic E-state index is 10.8. The largest absolute Gasteiger partial charge is 0.356 e. The van der Waals surface area contributed by atoms with Crippen molar-refractivity contribution in [2.24, 2.45) is 0 Å². The monoisotopic (exact) mass is 128 g/mol. The molecule has 1 aliphatic rings. The highest BCUT2D eigenvalue weighted by Gasteiger charge is 2.02. The molecule has 1 unspecified atom stereocenters. The van der Waals surface area contributed by atoms with E-state index in [0.29, 0.717) is 6.42 Å². The van der Waals surface area contributed by atoms with Crippen LogP contribution in [0.2, 0.25) is 0 Å². The Balaban J connectivity index is 2.32. The zero-order valence-corrected chi connectivity index (χ0v) is 5.52. The third-order valence-corrected chi connectivity index (χ3v) is 1.49. The van der Waals surface area contributed by atoms with E-state index in [1.54, 1.807) is 0 Å². The first-order chi connectivity index (χ1) is 4.79. The summed E-state index contributed by atoms with van der Waals surface area (Å²) < 4.78 is 7.38. The van der Waals surface area contributed by atoms with Gasteiger partial charge in [-0.05, 0) is 12.8 Å². The van der Waals surface area contributed by atoms with Crippen molar-refractivity contribution in [3.05, 3.63) is 0 Å². The SMILES string of the molecule is [2H]C1CCCCNC(=O)C1. The van der Waals surface area contributed by atoms with Gasteiger partial charge in [0.25, 0.3) is 0 Å². The fourth-order valence-corrected chi connectivity index (χ4v) is 0.947. The predicted octanol–water partition coefficient (Wildman–Crippen LogP) is 1.07. The molecule has 1 amide bonds. The molecular formula is C7H13NO. The number of hydrogen-bond donors (Lipinski definition) is 1. The van der Waals surface area contributed by atoms with Crippen LogP contribution in [0.1, 0.15) is 33.5 Å². The van der Waals surface area contributed by atoms with Crippen molar-refractivity contribution in [3.63, 3.8) is 0 Å². The van der Waals surface area contributed by atoms with Crippen LogP contribution in [0.25, 0.3) is 0 Å². The Bertz CT molecular complexity index is 127. The number of carbonyl (C=O) groups is 1. The number of rotatable bonds is 0. The molecule has 2 heteroatoms. The summed E-state index contributed by atoms with van der Waals surface area (Å²) in [6.07, 6.45) is 3.21. The second-order valence-corrected chi connectivity index (χ2v) is 2.34. The summed E-state index contributed by atoms with van der Waals surface area (Å²) in [6.45, 7) is 0.797. The lowest BCUT2D eigenvalue weighted by Crippen LogP contribution is -2.25. The number of hydrogen-bond acceptors (Lipinski definition) is 1. The molecule has 1 atom stereocenters. The maximum absolute atomic E-state index is 10.8. The first-order valence-electron chi connectivity index (χ1n) is 4.06. The molecule has 1 rings (SSSR count). The molecule has 2 nitrogen and oxygen atoms in total. The van der Waals surface area contributed by atoms with E-state index in [1.807, 2.05) is 0 Å². The molecule has 0 bridgehead atoms. The molecule has 0 saturated carbocycles. The van der Waals surface area contributed by atoms with Crippen LogP contribution in [0.3, 0.4) is 0 Å². The van der Waals surface area contributed by atoms with Crippen LogP contribution in [0.4, 0.5) is 0 Å². The summed E-state index contributed by atoms with van der Waals surface area (Å²) >= 11 is 0. The van der Waals surface area contributed by atoms with Crippen molar-refractivity contribution in [1.82, 2.24) is 5.32 Å². The van der Waals surface area contributed by atoms with Crippen LogP contribution < -0.4 is 5.32 Å². The Morgan fingerprint density at radius 3 is 3.22 bits per heavy atom. The summed E-state index contributed by atoms with van der Waals surface area (Å²) in [5.74, 6) is 0.0414. The van der Waals surface area contributed by atoms with Crippen molar-refractivity contribution in [3.8, 4) is 0 Å². The van der Waals surface area contributed by atoms with Crippen LogP contribution in [0.5, 0.6) is 0 Å². The van der Waals surface area contributed by atoms with E-state index >= 15 is 0 Å². The third-order valence-electron chi connectivity index (χ3n) is 1.49. The van der Waals surface area contributed by atoms with E-state index in [9.17, 15) is 4.79 Å². The fraction of sp³-hybridized carbons (Fsp3) is 0.857. The molecule has 1 N–H and O–H groups in total. The second-order valence-electron chi connectivity index (χ2n) is 2.34. The van der Waals surface area contributed by atoms with Gasteiger partial charge in [-0.2, -0.15) is 0 Å². The van der Waals surface area contributed by atoms with Gasteiger partial charge in [0.1, 0.15) is 0 Å². The van der Waals surface area contributed by atoms with E-state index in [2.05, 4.69) is 5.32 Å². The van der Waals surface area contributed by atoms with Gasteiger partial charge in [-0.3, -0.25) is 4.79 Å². The molecule has 0 spiro atoms. The number of amides is 1. The van der Waals surface area contributed by atoms with E-state index in [4.69, 9.17) is 1.37 Å². The molecule has 1 aliphatic heterocycles. The zero-order valence-electron chi connectivity index (χ0n) is 6.52. The Kier molecular flexibility index (Phi) is 2.04. The van der Waals surface area contributed by atoms with E-state index in [-0.39, 0.29) is 12.3 Å². The predicted molar refractivity (Wildman–Crippen MR) is 36.1 cm³/mol. The Morgan fingerprint density at radius 2 is 2.33 bits per heavy atom. The molecule has 9 heavy (non-hydrogen) atoms. The molecule has 52 valence electrons. The standard InChI is InChI=1S/C7H13NO/c9-7-5-3-1-2-4-6-8-7/h1-6H2,(H,8,9)/i3D. The van der Waals surface area contributed by atoms with Crippen molar-refractivity contribution in [2.45, 2.75) is 32.1 Å². The highest BCUT2D eigenvalue weighted by molar-refractivity contribution is 5.75. The average molecular weight is 128 g/mol. The second kappa shape index (κ2) is 3.49. The number of nitrogens with one attached hydrogen (secondary N) is 1. The van der Waals surface area contributed by atoms with Crippen molar-refractivity contribution >= 4 is 5.91 Å². The minimum absolute atomic E-state index is 0.0414. The van der Waals surface area contributed by atoms with Gasteiger partial charge in [0.05, 0.1) is 0 Å². The van der Waals surface area contributed by atoms with E-state index < -0.39 is 0 Å². The van der Waals surface area contributed by atoms with Crippen molar-refractivity contribution in [1.29, 1.82) is 0 Å². The van der Waals surface area contributed by atoms with Gasteiger partial charge >= 0.3 is 0 Å². The highest BCUT2D eigenvalue weighted by Crippen LogP contribution is 2.04. The van der Waals surface area contributed by atoms with Crippen LogP contribution >= 0.6 is 0 Å². The summed E-state index contributed by atoms with van der Waals surface area (Å²) in [4.78, 5) is 10.8. The smallest absolute Gasteiger partial charge is 0.219 e. The lowest BCUT2D eigenvalue weighted by molar-refractivity contribution is -0.121. The van der Waals surface area contributed by atoms with Gasteiger partial charge in [0.2, 0.25) is 5.91 Å². The normalized spacial score (nSPS) is 31.8. The Morgan fingerprint density at radius 1 is 1.44 bits per heavy atom. The van der Waals surface area contributed by atoms with Gasteiger partial charge in [0, 0.05) is 14.3 Å². The Hall–Kier alpha value is -0.530. The van der Waals surface area contributed by atoms with Crippen molar-refractivity contribution in [2.75, 3.05) is 6.54 Å². The van der Waals surface area contributed by atoms with Gasteiger partial charge in [-0.25, -0.2) is 0 Å². The molecule has 1 heterocycles. The summed E-state index contributed by atoms with van der Waals surface area (Å²) in [5.41, 5.74) is 0. The maximum Gasteiger partial charge on any atom is 0.219 e. The molecular weight excluding hydrogens is 114 g/mol. The fourth-order valence-electron chi connectivity index (χ4n) is 0.947. The molecule has 0 aromatic heterocycles. The van der Waals surface area contributed by atoms with Crippen LogP contribution in [0.15, 0.2) is 0 Å². The molecule has 0 radical (unpaired) electrons. The van der Waals surface area contributed by atoms with E-state index in [0.717, 1.165) is 25.8 Å². The minimum atomic E-state index is -0.166. The summed E-state index contributed by atoms with van der Waals surface area (Å²) in [5, 5.41) is 2.76. The third kappa shape index (κ3) is 2.49. The first kappa shape index (κ1) is 5.27. The van der Waals surface area contributed by atoms with Gasteiger partial charge in [-0.15, -0.1) is 0 Å². The van der Waals surface area contributed by atoms with Gasteiger partial charge in [0.15, 0.2) is 0 Å². The molecule has 1 fully saturated rings. The quantitative estimate of drug-likeness (QED) is 0.519. The first-order valence-corrected chi connectivity index (χ1v) is 3.48. The van der Waals surface area contributed by atoms with Gasteiger partial charge < -0.3 is 5.32 Å². The summed E-state index contributed by atoms with van der Waals surface area (Å²) in [6, 6.07) is 0. The summed E-state index contributed by atoms with van der Waals surface area (Å²) in [7, 11) is 0. The lowest BCUT2D eigenvalue weighted by atomic mass is 10.1. The lowest BCUT2D eigenvalue weighted by Gasteiger charge is -2.08. The topological polar surface area (TPSA) is 29.1 Å². The molecule has 0 aliphatic carbocycles.